The van der Waals surface area contributed by atoms with E-state index >= 15 is 0 Å². The van der Waals surface area contributed by atoms with Crippen LogP contribution < -0.4 is 5.32 Å². The summed E-state index contributed by atoms with van der Waals surface area (Å²) in [7, 11) is 0. The number of pyridine rings is 1. The average molecular weight is 280 g/mol. The van der Waals surface area contributed by atoms with E-state index in [1.54, 1.807) is 18.5 Å². The van der Waals surface area contributed by atoms with Crippen molar-refractivity contribution in [2.75, 3.05) is 5.32 Å². The van der Waals surface area contributed by atoms with E-state index in [-0.39, 0.29) is 6.61 Å². The van der Waals surface area contributed by atoms with Crippen LogP contribution >= 0.6 is 0 Å². The van der Waals surface area contributed by atoms with Crippen LogP contribution in [-0.4, -0.2) is 20.3 Å². The Hall–Kier alpha value is -2.66. The van der Waals surface area contributed by atoms with Gasteiger partial charge in [0.05, 0.1) is 36.4 Å². The molecule has 0 saturated carbocycles. The van der Waals surface area contributed by atoms with Crippen molar-refractivity contribution in [1.29, 1.82) is 0 Å². The van der Waals surface area contributed by atoms with Crippen LogP contribution in [0.1, 0.15) is 11.3 Å². The van der Waals surface area contributed by atoms with Crippen LogP contribution in [0.5, 0.6) is 0 Å². The Morgan fingerprint density at radius 1 is 1.14 bits per heavy atom. The van der Waals surface area contributed by atoms with E-state index in [1.165, 1.54) is 0 Å². The molecule has 0 aliphatic rings. The number of H-pyrrole nitrogens is 1. The van der Waals surface area contributed by atoms with Crippen LogP contribution in [0.4, 0.5) is 5.69 Å². The third kappa shape index (κ3) is 3.09. The summed E-state index contributed by atoms with van der Waals surface area (Å²) in [6.07, 6.45) is 3.38. The van der Waals surface area contributed by atoms with E-state index in [4.69, 9.17) is 0 Å². The molecule has 21 heavy (non-hydrogen) atoms. The fraction of sp³-hybridized carbons (Fsp3) is 0.125. The van der Waals surface area contributed by atoms with Crippen molar-refractivity contribution >= 4 is 5.69 Å². The summed E-state index contributed by atoms with van der Waals surface area (Å²) >= 11 is 0. The maximum atomic E-state index is 9.28. The first kappa shape index (κ1) is 13.3. The van der Waals surface area contributed by atoms with Gasteiger partial charge in [-0.05, 0) is 12.1 Å². The molecule has 0 fully saturated rings. The lowest BCUT2D eigenvalue weighted by Crippen LogP contribution is -2.03. The zero-order valence-corrected chi connectivity index (χ0v) is 11.5. The van der Waals surface area contributed by atoms with Crippen molar-refractivity contribution in [3.63, 3.8) is 0 Å². The monoisotopic (exact) mass is 280 g/mol. The van der Waals surface area contributed by atoms with Gasteiger partial charge in [-0.25, -0.2) is 0 Å². The maximum absolute atomic E-state index is 9.28. The minimum atomic E-state index is -0.0108. The minimum Gasteiger partial charge on any atom is -0.392 e. The first-order valence-electron chi connectivity index (χ1n) is 6.74. The van der Waals surface area contributed by atoms with Crippen LogP contribution in [0.3, 0.4) is 0 Å². The zero-order chi connectivity index (χ0) is 14.5. The van der Waals surface area contributed by atoms with Crippen molar-refractivity contribution in [1.82, 2.24) is 15.2 Å². The van der Waals surface area contributed by atoms with Gasteiger partial charge in [-0.1, -0.05) is 30.3 Å². The number of benzene rings is 1. The zero-order valence-electron chi connectivity index (χ0n) is 11.5. The Morgan fingerprint density at radius 3 is 2.81 bits per heavy atom. The Balaban J connectivity index is 1.71. The molecule has 0 saturated heterocycles. The van der Waals surface area contributed by atoms with Crippen molar-refractivity contribution < 1.29 is 5.11 Å². The molecular weight excluding hydrogens is 264 g/mol. The van der Waals surface area contributed by atoms with Gasteiger partial charge in [-0.2, -0.15) is 5.10 Å². The molecule has 0 radical (unpaired) electrons. The van der Waals surface area contributed by atoms with E-state index < -0.39 is 0 Å². The summed E-state index contributed by atoms with van der Waals surface area (Å²) in [5.41, 5.74) is 4.63. The largest absolute Gasteiger partial charge is 0.392 e. The van der Waals surface area contributed by atoms with Gasteiger partial charge in [0.15, 0.2) is 0 Å². The van der Waals surface area contributed by atoms with Crippen LogP contribution in [0, 0.1) is 0 Å². The number of hydrogen-bond donors (Lipinski definition) is 3. The predicted molar refractivity (Wildman–Crippen MR) is 81.5 cm³/mol. The van der Waals surface area contributed by atoms with Gasteiger partial charge in [-0.3, -0.25) is 10.1 Å². The number of aromatic nitrogens is 3. The predicted octanol–water partition coefficient (Wildman–Crippen LogP) is 2.58. The quantitative estimate of drug-likeness (QED) is 0.671. The molecule has 3 aromatic rings. The number of rotatable bonds is 5. The van der Waals surface area contributed by atoms with Crippen molar-refractivity contribution in [2.45, 2.75) is 13.2 Å². The van der Waals surface area contributed by atoms with Gasteiger partial charge in [-0.15, -0.1) is 0 Å². The number of aliphatic hydroxyl groups is 1. The van der Waals surface area contributed by atoms with Crippen molar-refractivity contribution in [3.8, 4) is 11.3 Å². The third-order valence-electron chi connectivity index (χ3n) is 3.25. The molecule has 106 valence electrons. The average Bonchev–Trinajstić information content (AvgIpc) is 3.03. The standard InChI is InChI=1S/C16H16N4O/c21-11-13-6-7-17-10-16(13)18-9-14-8-15(20-19-14)12-4-2-1-3-5-12/h1-8,10,18,21H,9,11H2,(H,19,20). The van der Waals surface area contributed by atoms with Crippen LogP contribution in [0.25, 0.3) is 11.3 Å². The molecule has 5 nitrogen and oxygen atoms in total. The number of aliphatic hydroxyl groups excluding tert-OH is 1. The Bertz CT molecular complexity index is 709. The molecule has 5 heteroatoms. The summed E-state index contributed by atoms with van der Waals surface area (Å²) in [6, 6.07) is 13.8. The van der Waals surface area contributed by atoms with Gasteiger partial charge < -0.3 is 10.4 Å². The molecule has 2 heterocycles. The first-order valence-corrected chi connectivity index (χ1v) is 6.74. The molecule has 0 aliphatic carbocycles. The van der Waals surface area contributed by atoms with E-state index in [1.807, 2.05) is 36.4 Å². The topological polar surface area (TPSA) is 73.8 Å². The van der Waals surface area contributed by atoms with Gasteiger partial charge in [0.2, 0.25) is 0 Å². The van der Waals surface area contributed by atoms with E-state index in [0.29, 0.717) is 6.54 Å². The Labute approximate surface area is 122 Å². The van der Waals surface area contributed by atoms with Crippen LogP contribution in [0.15, 0.2) is 54.9 Å². The van der Waals surface area contributed by atoms with E-state index in [2.05, 4.69) is 20.5 Å². The Kier molecular flexibility index (Phi) is 3.93. The molecule has 0 spiro atoms. The fourth-order valence-electron chi connectivity index (χ4n) is 2.12. The first-order chi connectivity index (χ1) is 10.4. The summed E-state index contributed by atoms with van der Waals surface area (Å²) < 4.78 is 0. The SMILES string of the molecule is OCc1ccncc1NCc1cc(-c2ccccc2)n[nH]1. The van der Waals surface area contributed by atoms with Crippen molar-refractivity contribution in [3.05, 3.63) is 66.1 Å². The van der Waals surface area contributed by atoms with Gasteiger partial charge >= 0.3 is 0 Å². The molecular formula is C16H16N4O. The van der Waals surface area contributed by atoms with Crippen LogP contribution in [-0.2, 0) is 13.2 Å². The normalized spacial score (nSPS) is 10.5. The highest BCUT2D eigenvalue weighted by atomic mass is 16.3. The minimum absolute atomic E-state index is 0.0108. The number of nitrogens with zero attached hydrogens (tertiary/aromatic N) is 2. The summed E-state index contributed by atoms with van der Waals surface area (Å²) in [6.45, 7) is 0.585. The third-order valence-corrected chi connectivity index (χ3v) is 3.25. The molecule has 2 aromatic heterocycles. The molecule has 3 N–H and O–H groups in total. The van der Waals surface area contributed by atoms with Gasteiger partial charge in [0.25, 0.3) is 0 Å². The lowest BCUT2D eigenvalue weighted by atomic mass is 10.1. The van der Waals surface area contributed by atoms with E-state index in [0.717, 1.165) is 28.2 Å². The van der Waals surface area contributed by atoms with Crippen LogP contribution in [0.2, 0.25) is 0 Å². The molecule has 0 amide bonds. The summed E-state index contributed by atoms with van der Waals surface area (Å²) in [5, 5.41) is 19.9. The van der Waals surface area contributed by atoms with Crippen molar-refractivity contribution in [2.24, 2.45) is 0 Å². The molecule has 3 rings (SSSR count). The van der Waals surface area contributed by atoms with Gasteiger partial charge in [0, 0.05) is 17.3 Å². The second kappa shape index (κ2) is 6.19. The molecule has 0 atom stereocenters. The lowest BCUT2D eigenvalue weighted by Gasteiger charge is -2.08. The second-order valence-corrected chi connectivity index (χ2v) is 4.69. The summed E-state index contributed by atoms with van der Waals surface area (Å²) in [4.78, 5) is 4.06. The number of anilines is 1. The summed E-state index contributed by atoms with van der Waals surface area (Å²) in [5.74, 6) is 0. The highest BCUT2D eigenvalue weighted by Crippen LogP contribution is 2.18. The number of hydrogen-bond acceptors (Lipinski definition) is 4. The molecule has 0 bridgehead atoms. The molecule has 0 aliphatic heterocycles. The van der Waals surface area contributed by atoms with Gasteiger partial charge in [0.1, 0.15) is 0 Å². The molecule has 0 unspecified atom stereocenters. The smallest absolute Gasteiger partial charge is 0.0924 e. The number of nitrogens with one attached hydrogen (secondary N) is 2. The van der Waals surface area contributed by atoms with E-state index in [9.17, 15) is 5.11 Å². The highest BCUT2D eigenvalue weighted by Gasteiger charge is 2.05. The Morgan fingerprint density at radius 2 is 2.00 bits per heavy atom. The number of aromatic amines is 1. The molecule has 1 aromatic carbocycles. The fourth-order valence-corrected chi connectivity index (χ4v) is 2.12. The second-order valence-electron chi connectivity index (χ2n) is 4.69. The maximum Gasteiger partial charge on any atom is 0.0924 e. The highest BCUT2D eigenvalue weighted by molar-refractivity contribution is 5.59. The lowest BCUT2D eigenvalue weighted by molar-refractivity contribution is 0.282.